The molecule has 1 unspecified atom stereocenters. The maximum Gasteiger partial charge on any atom is 0.131 e. The van der Waals surface area contributed by atoms with Gasteiger partial charge in [0.25, 0.3) is 0 Å². The number of nitrogens with zero attached hydrogens (tertiary/aromatic N) is 3. The van der Waals surface area contributed by atoms with Gasteiger partial charge >= 0.3 is 0 Å². The zero-order chi connectivity index (χ0) is 16.8. The van der Waals surface area contributed by atoms with Crippen molar-refractivity contribution in [2.45, 2.75) is 31.4 Å². The molecule has 0 saturated heterocycles. The SMILES string of the molecule is OCCNc1cc(NC(Cc2ccccn2)C2CC(O)C2)ncn1. The summed E-state index contributed by atoms with van der Waals surface area (Å²) in [5.41, 5.74) is 1.02. The number of hydrogen-bond donors (Lipinski definition) is 4. The Morgan fingerprint density at radius 3 is 2.71 bits per heavy atom. The molecule has 0 spiro atoms. The van der Waals surface area contributed by atoms with Crippen LogP contribution in [-0.4, -0.2) is 50.5 Å². The van der Waals surface area contributed by atoms with Crippen molar-refractivity contribution in [3.05, 3.63) is 42.5 Å². The Hall–Kier alpha value is -2.25. The maximum absolute atomic E-state index is 9.64. The highest BCUT2D eigenvalue weighted by Crippen LogP contribution is 2.33. The van der Waals surface area contributed by atoms with Crippen LogP contribution in [0.3, 0.4) is 0 Å². The van der Waals surface area contributed by atoms with Gasteiger partial charge in [-0.3, -0.25) is 4.98 Å². The molecule has 7 heteroatoms. The van der Waals surface area contributed by atoms with Crippen molar-refractivity contribution in [3.8, 4) is 0 Å². The lowest BCUT2D eigenvalue weighted by atomic mass is 9.76. The Labute approximate surface area is 141 Å². The van der Waals surface area contributed by atoms with Crippen molar-refractivity contribution < 1.29 is 10.2 Å². The summed E-state index contributed by atoms with van der Waals surface area (Å²) in [6.45, 7) is 0.498. The van der Waals surface area contributed by atoms with Crippen molar-refractivity contribution in [1.29, 1.82) is 0 Å². The van der Waals surface area contributed by atoms with Crippen LogP contribution in [0.5, 0.6) is 0 Å². The number of aromatic nitrogens is 3. The van der Waals surface area contributed by atoms with E-state index in [1.165, 1.54) is 6.33 Å². The molecule has 0 bridgehead atoms. The number of anilines is 2. The molecule has 0 amide bonds. The molecule has 1 fully saturated rings. The van der Waals surface area contributed by atoms with Crippen LogP contribution in [0.4, 0.5) is 11.6 Å². The summed E-state index contributed by atoms with van der Waals surface area (Å²) in [5.74, 6) is 1.80. The minimum absolute atomic E-state index is 0.0506. The van der Waals surface area contributed by atoms with Gasteiger partial charge in [0.1, 0.15) is 18.0 Å². The number of hydrogen-bond acceptors (Lipinski definition) is 7. The maximum atomic E-state index is 9.64. The molecule has 3 rings (SSSR count). The number of rotatable bonds is 8. The molecule has 2 heterocycles. The minimum Gasteiger partial charge on any atom is -0.395 e. The van der Waals surface area contributed by atoms with E-state index >= 15 is 0 Å². The highest BCUT2D eigenvalue weighted by molar-refractivity contribution is 5.47. The van der Waals surface area contributed by atoms with Gasteiger partial charge in [0.2, 0.25) is 0 Å². The summed E-state index contributed by atoms with van der Waals surface area (Å²) < 4.78 is 0. The lowest BCUT2D eigenvalue weighted by Crippen LogP contribution is -2.42. The Bertz CT molecular complexity index is 634. The van der Waals surface area contributed by atoms with Crippen molar-refractivity contribution in [3.63, 3.8) is 0 Å². The van der Waals surface area contributed by atoms with E-state index in [0.717, 1.165) is 30.8 Å². The first-order valence-corrected chi connectivity index (χ1v) is 8.26. The third kappa shape index (κ3) is 4.39. The van der Waals surface area contributed by atoms with Gasteiger partial charge in [0, 0.05) is 37.0 Å². The fraction of sp³-hybridized carbons (Fsp3) is 0.471. The first kappa shape index (κ1) is 16.6. The quantitative estimate of drug-likeness (QED) is 0.574. The van der Waals surface area contributed by atoms with Crippen molar-refractivity contribution >= 4 is 11.6 Å². The summed E-state index contributed by atoms with van der Waals surface area (Å²) in [6, 6.07) is 7.89. The summed E-state index contributed by atoms with van der Waals surface area (Å²) in [7, 11) is 0. The fourth-order valence-corrected chi connectivity index (χ4v) is 2.95. The molecular formula is C17H23N5O2. The molecule has 128 valence electrons. The molecule has 7 nitrogen and oxygen atoms in total. The summed E-state index contributed by atoms with van der Waals surface area (Å²) in [6.07, 6.45) is 5.46. The Balaban J connectivity index is 1.69. The van der Waals surface area contributed by atoms with E-state index in [0.29, 0.717) is 18.3 Å². The van der Waals surface area contributed by atoms with Crippen LogP contribution in [0.15, 0.2) is 36.8 Å². The predicted molar refractivity (Wildman–Crippen MR) is 91.7 cm³/mol. The predicted octanol–water partition coefficient (Wildman–Crippen LogP) is 1.07. The van der Waals surface area contributed by atoms with E-state index in [1.54, 1.807) is 6.20 Å². The average molecular weight is 329 g/mol. The molecule has 1 aliphatic carbocycles. The molecule has 0 radical (unpaired) electrons. The second kappa shape index (κ2) is 8.03. The van der Waals surface area contributed by atoms with Gasteiger partial charge in [-0.15, -0.1) is 0 Å². The lowest BCUT2D eigenvalue weighted by Gasteiger charge is -2.38. The highest BCUT2D eigenvalue weighted by atomic mass is 16.3. The summed E-state index contributed by atoms with van der Waals surface area (Å²) >= 11 is 0. The van der Waals surface area contributed by atoms with Gasteiger partial charge in [0.15, 0.2) is 0 Å². The van der Waals surface area contributed by atoms with E-state index in [2.05, 4.69) is 25.6 Å². The normalized spacial score (nSPS) is 20.9. The van der Waals surface area contributed by atoms with Crippen LogP contribution in [0.1, 0.15) is 18.5 Å². The first-order valence-electron chi connectivity index (χ1n) is 8.26. The molecular weight excluding hydrogens is 306 g/mol. The molecule has 1 saturated carbocycles. The number of aliphatic hydroxyl groups is 2. The number of pyridine rings is 1. The average Bonchev–Trinajstić information content (AvgIpc) is 2.58. The van der Waals surface area contributed by atoms with Crippen molar-refractivity contribution in [1.82, 2.24) is 15.0 Å². The zero-order valence-electron chi connectivity index (χ0n) is 13.5. The molecule has 2 aromatic rings. The largest absolute Gasteiger partial charge is 0.395 e. The summed E-state index contributed by atoms with van der Waals surface area (Å²) in [4.78, 5) is 12.8. The van der Waals surface area contributed by atoms with Gasteiger partial charge < -0.3 is 20.8 Å². The minimum atomic E-state index is -0.199. The lowest BCUT2D eigenvalue weighted by molar-refractivity contribution is 0.0340. The van der Waals surface area contributed by atoms with Gasteiger partial charge in [0.05, 0.1) is 12.7 Å². The molecule has 2 aromatic heterocycles. The monoisotopic (exact) mass is 329 g/mol. The van der Waals surface area contributed by atoms with E-state index in [1.807, 2.05) is 24.3 Å². The van der Waals surface area contributed by atoms with E-state index < -0.39 is 0 Å². The molecule has 0 aliphatic heterocycles. The van der Waals surface area contributed by atoms with Crippen LogP contribution >= 0.6 is 0 Å². The number of nitrogens with one attached hydrogen (secondary N) is 2. The smallest absolute Gasteiger partial charge is 0.131 e. The second-order valence-electron chi connectivity index (χ2n) is 6.10. The first-order chi connectivity index (χ1) is 11.7. The van der Waals surface area contributed by atoms with Crippen LogP contribution in [0.2, 0.25) is 0 Å². The molecule has 1 atom stereocenters. The van der Waals surface area contributed by atoms with Gasteiger partial charge in [-0.2, -0.15) is 0 Å². The van der Waals surface area contributed by atoms with Crippen molar-refractivity contribution in [2.75, 3.05) is 23.8 Å². The van der Waals surface area contributed by atoms with Crippen LogP contribution in [0, 0.1) is 5.92 Å². The molecule has 4 N–H and O–H groups in total. The van der Waals surface area contributed by atoms with Gasteiger partial charge in [-0.1, -0.05) is 6.07 Å². The van der Waals surface area contributed by atoms with Crippen LogP contribution in [0.25, 0.3) is 0 Å². The molecule has 24 heavy (non-hydrogen) atoms. The second-order valence-corrected chi connectivity index (χ2v) is 6.10. The molecule has 1 aliphatic rings. The van der Waals surface area contributed by atoms with E-state index in [-0.39, 0.29) is 18.8 Å². The van der Waals surface area contributed by atoms with Crippen LogP contribution in [-0.2, 0) is 6.42 Å². The van der Waals surface area contributed by atoms with Gasteiger partial charge in [-0.25, -0.2) is 9.97 Å². The molecule has 0 aromatic carbocycles. The topological polar surface area (TPSA) is 103 Å². The Kier molecular flexibility index (Phi) is 5.55. The van der Waals surface area contributed by atoms with Crippen LogP contribution < -0.4 is 10.6 Å². The third-order valence-corrected chi connectivity index (χ3v) is 4.29. The third-order valence-electron chi connectivity index (χ3n) is 4.29. The Morgan fingerprint density at radius 2 is 2.00 bits per heavy atom. The fourth-order valence-electron chi connectivity index (χ4n) is 2.95. The van der Waals surface area contributed by atoms with Crippen molar-refractivity contribution in [2.24, 2.45) is 5.92 Å². The number of aliphatic hydroxyl groups excluding tert-OH is 2. The Morgan fingerprint density at radius 1 is 1.17 bits per heavy atom. The summed E-state index contributed by atoms with van der Waals surface area (Å²) in [5, 5.41) is 25.0. The van der Waals surface area contributed by atoms with Gasteiger partial charge in [-0.05, 0) is 30.9 Å². The van der Waals surface area contributed by atoms with E-state index in [4.69, 9.17) is 5.11 Å². The zero-order valence-corrected chi connectivity index (χ0v) is 13.5. The highest BCUT2D eigenvalue weighted by Gasteiger charge is 2.34. The standard InChI is InChI=1S/C17H23N5O2/c23-6-5-19-16-10-17(21-11-20-16)22-15(12-7-14(24)8-12)9-13-3-1-2-4-18-13/h1-4,10-12,14-15,23-24H,5-9H2,(H2,19,20,21,22). The van der Waals surface area contributed by atoms with E-state index in [9.17, 15) is 5.11 Å².